The van der Waals surface area contributed by atoms with Crippen molar-refractivity contribution in [3.05, 3.63) is 118 Å². The van der Waals surface area contributed by atoms with Gasteiger partial charge in [0.2, 0.25) is 0 Å². The van der Waals surface area contributed by atoms with Gasteiger partial charge in [-0.1, -0.05) is 24.3 Å². The van der Waals surface area contributed by atoms with E-state index in [1.165, 1.54) is 23.3 Å². The molecule has 0 saturated carbocycles. The van der Waals surface area contributed by atoms with Crippen molar-refractivity contribution in [3.8, 4) is 11.1 Å². The smallest absolute Gasteiger partial charge is 0.255 e. The van der Waals surface area contributed by atoms with E-state index in [2.05, 4.69) is 5.32 Å². The van der Waals surface area contributed by atoms with Gasteiger partial charge in [0.25, 0.3) is 5.91 Å². The molecule has 1 aliphatic carbocycles. The molecule has 0 radical (unpaired) electrons. The van der Waals surface area contributed by atoms with Gasteiger partial charge in [0.15, 0.2) is 0 Å². The van der Waals surface area contributed by atoms with Crippen LogP contribution in [0.1, 0.15) is 32.6 Å². The molecule has 4 aromatic carbocycles. The summed E-state index contributed by atoms with van der Waals surface area (Å²) in [4.78, 5) is 12.7. The number of halogens is 2. The molecule has 0 atom stereocenters. The molecule has 0 aliphatic heterocycles. The van der Waals surface area contributed by atoms with Crippen LogP contribution in [-0.2, 0) is 12.8 Å². The fourth-order valence-corrected chi connectivity index (χ4v) is 4.14. The summed E-state index contributed by atoms with van der Waals surface area (Å²) in [7, 11) is 0. The van der Waals surface area contributed by atoms with Gasteiger partial charge in [-0.3, -0.25) is 4.79 Å². The van der Waals surface area contributed by atoms with Crippen molar-refractivity contribution in [1.29, 1.82) is 0 Å². The van der Waals surface area contributed by atoms with E-state index in [0.29, 0.717) is 34.5 Å². The third-order valence-corrected chi connectivity index (χ3v) is 5.85. The highest BCUT2D eigenvalue weighted by molar-refractivity contribution is 6.04. The van der Waals surface area contributed by atoms with Crippen molar-refractivity contribution in [1.82, 2.24) is 0 Å². The first-order chi connectivity index (χ1) is 15.5. The first-order valence-electron chi connectivity index (χ1n) is 10.3. The molecule has 0 aromatic heterocycles. The molecule has 5 heteroatoms. The molecule has 0 heterocycles. The minimum Gasteiger partial charge on any atom is -0.399 e. The highest BCUT2D eigenvalue weighted by Gasteiger charge is 2.19. The van der Waals surface area contributed by atoms with Crippen molar-refractivity contribution in [2.45, 2.75) is 12.8 Å². The number of nitrogens with one attached hydrogen (secondary N) is 1. The van der Waals surface area contributed by atoms with Gasteiger partial charge in [-0.05, 0) is 89.2 Å². The number of nitrogens with two attached hydrogens (primary N) is 1. The molecule has 32 heavy (non-hydrogen) atoms. The zero-order chi connectivity index (χ0) is 22.2. The molecule has 0 saturated heterocycles. The van der Waals surface area contributed by atoms with Gasteiger partial charge in [0, 0.05) is 28.6 Å². The molecule has 0 fully saturated rings. The Balaban J connectivity index is 1.41. The topological polar surface area (TPSA) is 55.1 Å². The van der Waals surface area contributed by atoms with Crippen molar-refractivity contribution in [2.75, 3.05) is 11.1 Å². The summed E-state index contributed by atoms with van der Waals surface area (Å²) in [5, 5.41) is 2.89. The number of rotatable bonds is 3. The summed E-state index contributed by atoms with van der Waals surface area (Å²) in [5.41, 5.74) is 13.2. The van der Waals surface area contributed by atoms with Crippen LogP contribution in [0.2, 0.25) is 0 Å². The molecule has 0 bridgehead atoms. The van der Waals surface area contributed by atoms with Crippen molar-refractivity contribution in [2.24, 2.45) is 0 Å². The SMILES string of the molecule is Nc1ccc(NC(=O)c2ccc3c(c2)Cc2cc(-c4ccc(F)cc4F)ccc2C3)cc1. The van der Waals surface area contributed by atoms with Crippen molar-refractivity contribution < 1.29 is 13.6 Å². The Kier molecular flexibility index (Phi) is 4.94. The molecular weight excluding hydrogens is 406 g/mol. The Labute approximate surface area is 184 Å². The molecule has 5 rings (SSSR count). The normalized spacial score (nSPS) is 12.1. The Bertz CT molecular complexity index is 1350. The molecule has 1 aliphatic rings. The average molecular weight is 426 g/mol. The van der Waals surface area contributed by atoms with E-state index in [0.717, 1.165) is 23.6 Å². The summed E-state index contributed by atoms with van der Waals surface area (Å²) in [6, 6.07) is 22.2. The average Bonchev–Trinajstić information content (AvgIpc) is 2.78. The first kappa shape index (κ1) is 19.9. The summed E-state index contributed by atoms with van der Waals surface area (Å²) in [5.74, 6) is -1.36. The van der Waals surface area contributed by atoms with E-state index in [-0.39, 0.29) is 5.91 Å². The predicted octanol–water partition coefficient (Wildman–Crippen LogP) is 5.96. The van der Waals surface area contributed by atoms with Crippen LogP contribution in [0.5, 0.6) is 0 Å². The number of benzene rings is 4. The standard InChI is InChI=1S/C27H20F2N2O/c28-22-5-10-25(26(29)15-22)18-3-1-16-11-17-2-4-19(13-21(17)14-20(16)12-18)27(32)31-24-8-6-23(30)7-9-24/h1-10,12-13,15H,11,14,30H2,(H,31,32). The Hall–Kier alpha value is -3.99. The highest BCUT2D eigenvalue weighted by Crippen LogP contribution is 2.32. The second-order valence-electron chi connectivity index (χ2n) is 8.02. The van der Waals surface area contributed by atoms with E-state index in [1.807, 2.05) is 36.4 Å². The van der Waals surface area contributed by atoms with Crippen LogP contribution in [-0.4, -0.2) is 5.91 Å². The maximum absolute atomic E-state index is 14.3. The molecule has 158 valence electrons. The molecule has 3 nitrogen and oxygen atoms in total. The maximum Gasteiger partial charge on any atom is 0.255 e. The van der Waals surface area contributed by atoms with Gasteiger partial charge in [-0.2, -0.15) is 0 Å². The zero-order valence-electron chi connectivity index (χ0n) is 17.2. The number of nitrogen functional groups attached to an aromatic ring is 1. The van der Waals surface area contributed by atoms with Crippen LogP contribution in [0.4, 0.5) is 20.2 Å². The summed E-state index contributed by atoms with van der Waals surface area (Å²) in [6.45, 7) is 0. The first-order valence-corrected chi connectivity index (χ1v) is 10.3. The van der Waals surface area contributed by atoms with Crippen LogP contribution in [0.25, 0.3) is 11.1 Å². The lowest BCUT2D eigenvalue weighted by Crippen LogP contribution is -2.14. The van der Waals surface area contributed by atoms with Crippen LogP contribution in [0.3, 0.4) is 0 Å². The number of hydrogen-bond donors (Lipinski definition) is 2. The van der Waals surface area contributed by atoms with E-state index in [4.69, 9.17) is 5.73 Å². The van der Waals surface area contributed by atoms with Gasteiger partial charge in [0.05, 0.1) is 0 Å². The third-order valence-electron chi connectivity index (χ3n) is 5.85. The number of hydrogen-bond acceptors (Lipinski definition) is 2. The van der Waals surface area contributed by atoms with Gasteiger partial charge in [-0.25, -0.2) is 8.78 Å². The fourth-order valence-electron chi connectivity index (χ4n) is 4.14. The van der Waals surface area contributed by atoms with Gasteiger partial charge in [-0.15, -0.1) is 0 Å². The lowest BCUT2D eigenvalue weighted by molar-refractivity contribution is 0.102. The molecule has 4 aromatic rings. The van der Waals surface area contributed by atoms with E-state index >= 15 is 0 Å². The second kappa shape index (κ2) is 7.93. The number of amides is 1. The van der Waals surface area contributed by atoms with Gasteiger partial charge >= 0.3 is 0 Å². The van der Waals surface area contributed by atoms with Gasteiger partial charge in [0.1, 0.15) is 11.6 Å². The Morgan fingerprint density at radius 1 is 0.750 bits per heavy atom. The van der Waals surface area contributed by atoms with Crippen molar-refractivity contribution in [3.63, 3.8) is 0 Å². The Morgan fingerprint density at radius 3 is 2.19 bits per heavy atom. The number of carbonyl (C=O) groups excluding carboxylic acids is 1. The fraction of sp³-hybridized carbons (Fsp3) is 0.0741. The highest BCUT2D eigenvalue weighted by atomic mass is 19.1. The quantitative estimate of drug-likeness (QED) is 0.350. The zero-order valence-corrected chi connectivity index (χ0v) is 17.2. The number of anilines is 2. The summed E-state index contributed by atoms with van der Waals surface area (Å²) in [6.07, 6.45) is 1.39. The van der Waals surface area contributed by atoms with E-state index in [1.54, 1.807) is 24.3 Å². The maximum atomic E-state index is 14.3. The Morgan fingerprint density at radius 2 is 1.44 bits per heavy atom. The van der Waals surface area contributed by atoms with Crippen LogP contribution in [0, 0.1) is 11.6 Å². The molecule has 3 N–H and O–H groups in total. The molecule has 0 spiro atoms. The predicted molar refractivity (Wildman–Crippen MR) is 123 cm³/mol. The van der Waals surface area contributed by atoms with Crippen LogP contribution >= 0.6 is 0 Å². The number of carbonyl (C=O) groups is 1. The minimum atomic E-state index is -0.595. The summed E-state index contributed by atoms with van der Waals surface area (Å²) >= 11 is 0. The minimum absolute atomic E-state index is 0.189. The largest absolute Gasteiger partial charge is 0.399 e. The van der Waals surface area contributed by atoms with E-state index < -0.39 is 11.6 Å². The molecule has 0 unspecified atom stereocenters. The lowest BCUT2D eigenvalue weighted by atomic mass is 9.83. The third kappa shape index (κ3) is 3.85. The number of fused-ring (bicyclic) bond motifs is 2. The summed E-state index contributed by atoms with van der Waals surface area (Å²) < 4.78 is 27.5. The van der Waals surface area contributed by atoms with Crippen molar-refractivity contribution >= 4 is 17.3 Å². The monoisotopic (exact) mass is 426 g/mol. The molecule has 1 amide bonds. The molecular formula is C27H20F2N2O. The van der Waals surface area contributed by atoms with Gasteiger partial charge < -0.3 is 11.1 Å². The second-order valence-corrected chi connectivity index (χ2v) is 8.02. The lowest BCUT2D eigenvalue weighted by Gasteiger charge is -2.21. The van der Waals surface area contributed by atoms with E-state index in [9.17, 15) is 13.6 Å². The van der Waals surface area contributed by atoms with Crippen LogP contribution < -0.4 is 11.1 Å². The van der Waals surface area contributed by atoms with Crippen LogP contribution in [0.15, 0.2) is 78.9 Å².